The molecule has 1 saturated heterocycles. The lowest BCUT2D eigenvalue weighted by Crippen LogP contribution is -2.44. The number of ether oxygens (including phenoxy) is 1. The average Bonchev–Trinajstić information content (AvgIpc) is 2.53. The van der Waals surface area contributed by atoms with E-state index >= 15 is 0 Å². The maximum atomic E-state index is 12.2. The number of carbonyl (C=O) groups excluding carboxylic acids is 1. The van der Waals surface area contributed by atoms with E-state index in [1.54, 1.807) is 17.0 Å². The van der Waals surface area contributed by atoms with Gasteiger partial charge in [0.05, 0.1) is 11.7 Å². The van der Waals surface area contributed by atoms with E-state index in [0.717, 1.165) is 12.8 Å². The molecule has 1 aliphatic rings. The number of aromatic carboxylic acids is 1. The SMILES string of the molecule is CC(C)(C)OC(=O)N1CCCC(C(O)c2ccc(C(=O)O)cc2)C1. The third-order valence-electron chi connectivity index (χ3n) is 4.06. The average molecular weight is 335 g/mol. The molecule has 2 unspecified atom stereocenters. The molecule has 1 aromatic rings. The summed E-state index contributed by atoms with van der Waals surface area (Å²) in [6.07, 6.45) is 0.508. The van der Waals surface area contributed by atoms with Crippen molar-refractivity contribution in [1.29, 1.82) is 0 Å². The molecule has 2 rings (SSSR count). The summed E-state index contributed by atoms with van der Waals surface area (Å²) in [6, 6.07) is 6.21. The van der Waals surface area contributed by atoms with E-state index in [2.05, 4.69) is 0 Å². The van der Waals surface area contributed by atoms with Crippen LogP contribution in [0.4, 0.5) is 4.79 Å². The summed E-state index contributed by atoms with van der Waals surface area (Å²) < 4.78 is 5.39. The third kappa shape index (κ3) is 4.71. The van der Waals surface area contributed by atoms with Crippen LogP contribution in [0.15, 0.2) is 24.3 Å². The van der Waals surface area contributed by atoms with E-state index in [1.165, 1.54) is 12.1 Å². The Morgan fingerprint density at radius 1 is 1.25 bits per heavy atom. The Kier molecular flexibility index (Phi) is 5.49. The van der Waals surface area contributed by atoms with Gasteiger partial charge in [0.15, 0.2) is 0 Å². The maximum absolute atomic E-state index is 12.2. The predicted octanol–water partition coefficient (Wildman–Crippen LogP) is 3.07. The molecule has 2 atom stereocenters. The van der Waals surface area contributed by atoms with Crippen LogP contribution in [0.2, 0.25) is 0 Å². The van der Waals surface area contributed by atoms with Crippen LogP contribution in [0.1, 0.15) is 55.6 Å². The molecule has 6 heteroatoms. The van der Waals surface area contributed by atoms with Gasteiger partial charge in [-0.05, 0) is 51.3 Å². The quantitative estimate of drug-likeness (QED) is 0.886. The number of hydrogen-bond donors (Lipinski definition) is 2. The largest absolute Gasteiger partial charge is 0.478 e. The van der Waals surface area contributed by atoms with Gasteiger partial charge >= 0.3 is 12.1 Å². The molecule has 6 nitrogen and oxygen atoms in total. The molecule has 1 aromatic carbocycles. The lowest BCUT2D eigenvalue weighted by molar-refractivity contribution is 0.00235. The van der Waals surface area contributed by atoms with E-state index in [4.69, 9.17) is 9.84 Å². The maximum Gasteiger partial charge on any atom is 0.410 e. The van der Waals surface area contributed by atoms with Crippen molar-refractivity contribution < 1.29 is 24.5 Å². The minimum atomic E-state index is -0.996. The third-order valence-corrected chi connectivity index (χ3v) is 4.06. The molecule has 0 spiro atoms. The summed E-state index contributed by atoms with van der Waals surface area (Å²) in [5.41, 5.74) is 0.302. The van der Waals surface area contributed by atoms with Crippen molar-refractivity contribution in [2.75, 3.05) is 13.1 Å². The van der Waals surface area contributed by atoms with Gasteiger partial charge in [0.25, 0.3) is 0 Å². The molecule has 0 radical (unpaired) electrons. The van der Waals surface area contributed by atoms with Crippen molar-refractivity contribution in [3.63, 3.8) is 0 Å². The highest BCUT2D eigenvalue weighted by Crippen LogP contribution is 2.30. The topological polar surface area (TPSA) is 87.1 Å². The standard InChI is InChI=1S/C18H25NO5/c1-18(2,3)24-17(23)19-10-4-5-14(11-19)15(20)12-6-8-13(9-7-12)16(21)22/h6-9,14-15,20H,4-5,10-11H2,1-3H3,(H,21,22). The first-order valence-electron chi connectivity index (χ1n) is 8.16. The smallest absolute Gasteiger partial charge is 0.410 e. The molecule has 1 heterocycles. The number of carboxylic acid groups (broad SMARTS) is 1. The summed E-state index contributed by atoms with van der Waals surface area (Å²) in [7, 11) is 0. The summed E-state index contributed by atoms with van der Waals surface area (Å²) in [4.78, 5) is 24.7. The van der Waals surface area contributed by atoms with Gasteiger partial charge in [-0.3, -0.25) is 0 Å². The van der Waals surface area contributed by atoms with E-state index < -0.39 is 17.7 Å². The van der Waals surface area contributed by atoms with Crippen molar-refractivity contribution in [3.05, 3.63) is 35.4 Å². The molecule has 2 N–H and O–H groups in total. The number of rotatable bonds is 3. The van der Waals surface area contributed by atoms with Gasteiger partial charge in [0.1, 0.15) is 5.60 Å². The number of aliphatic hydroxyl groups excluding tert-OH is 1. The lowest BCUT2D eigenvalue weighted by atomic mass is 9.88. The van der Waals surface area contributed by atoms with Crippen molar-refractivity contribution in [1.82, 2.24) is 4.90 Å². The van der Waals surface area contributed by atoms with Crippen LogP contribution in [-0.4, -0.2) is 45.9 Å². The van der Waals surface area contributed by atoms with Crippen LogP contribution in [0.5, 0.6) is 0 Å². The molecule has 0 bridgehead atoms. The van der Waals surface area contributed by atoms with Gasteiger partial charge < -0.3 is 19.8 Å². The fourth-order valence-corrected chi connectivity index (χ4v) is 2.86. The second-order valence-electron chi connectivity index (χ2n) is 7.20. The Labute approximate surface area is 142 Å². The number of piperidine rings is 1. The molecule has 132 valence electrons. The van der Waals surface area contributed by atoms with Gasteiger partial charge in [-0.1, -0.05) is 12.1 Å². The molecule has 0 aromatic heterocycles. The summed E-state index contributed by atoms with van der Waals surface area (Å²) in [6.45, 7) is 6.52. The molecular formula is C18H25NO5. The van der Waals surface area contributed by atoms with Crippen LogP contribution in [0.3, 0.4) is 0 Å². The van der Waals surface area contributed by atoms with Gasteiger partial charge in [0, 0.05) is 19.0 Å². The van der Waals surface area contributed by atoms with Gasteiger partial charge in [-0.15, -0.1) is 0 Å². The second kappa shape index (κ2) is 7.21. The number of amides is 1. The van der Waals surface area contributed by atoms with Gasteiger partial charge in [-0.25, -0.2) is 9.59 Å². The first-order chi connectivity index (χ1) is 11.2. The number of aliphatic hydroxyl groups is 1. The minimum Gasteiger partial charge on any atom is -0.478 e. The van der Waals surface area contributed by atoms with E-state index in [0.29, 0.717) is 18.7 Å². The molecule has 0 aliphatic carbocycles. The first-order valence-corrected chi connectivity index (χ1v) is 8.16. The fraction of sp³-hybridized carbons (Fsp3) is 0.556. The summed E-state index contributed by atoms with van der Waals surface area (Å²) in [5, 5.41) is 19.5. The normalized spacial score (nSPS) is 19.7. The summed E-state index contributed by atoms with van der Waals surface area (Å²) >= 11 is 0. The van der Waals surface area contributed by atoms with Crippen LogP contribution >= 0.6 is 0 Å². The van der Waals surface area contributed by atoms with Crippen LogP contribution in [0, 0.1) is 5.92 Å². The van der Waals surface area contributed by atoms with Gasteiger partial charge in [0.2, 0.25) is 0 Å². The minimum absolute atomic E-state index is 0.0954. The number of hydrogen-bond acceptors (Lipinski definition) is 4. The zero-order chi connectivity index (χ0) is 17.9. The number of carboxylic acids is 1. The highest BCUT2D eigenvalue weighted by Gasteiger charge is 2.31. The number of benzene rings is 1. The fourth-order valence-electron chi connectivity index (χ4n) is 2.86. The molecule has 0 saturated carbocycles. The van der Waals surface area contributed by atoms with Gasteiger partial charge in [-0.2, -0.15) is 0 Å². The zero-order valence-corrected chi connectivity index (χ0v) is 14.4. The van der Waals surface area contributed by atoms with E-state index in [9.17, 15) is 14.7 Å². The predicted molar refractivity (Wildman–Crippen MR) is 88.9 cm³/mol. The number of carbonyl (C=O) groups is 2. The Balaban J connectivity index is 2.03. The van der Waals surface area contributed by atoms with E-state index in [-0.39, 0.29) is 17.6 Å². The zero-order valence-electron chi connectivity index (χ0n) is 14.4. The monoisotopic (exact) mass is 335 g/mol. The Morgan fingerprint density at radius 3 is 2.42 bits per heavy atom. The Hall–Kier alpha value is -2.08. The molecule has 1 fully saturated rings. The molecule has 1 amide bonds. The van der Waals surface area contributed by atoms with Crippen LogP contribution < -0.4 is 0 Å². The van der Waals surface area contributed by atoms with Crippen molar-refractivity contribution in [3.8, 4) is 0 Å². The summed E-state index contributed by atoms with van der Waals surface area (Å²) in [5.74, 6) is -1.09. The second-order valence-corrected chi connectivity index (χ2v) is 7.20. The van der Waals surface area contributed by atoms with Crippen molar-refractivity contribution >= 4 is 12.1 Å². The van der Waals surface area contributed by atoms with Crippen LogP contribution in [-0.2, 0) is 4.74 Å². The van der Waals surface area contributed by atoms with E-state index in [1.807, 2.05) is 20.8 Å². The van der Waals surface area contributed by atoms with Crippen molar-refractivity contribution in [2.24, 2.45) is 5.92 Å². The Bertz CT molecular complexity index is 590. The molecular weight excluding hydrogens is 310 g/mol. The lowest BCUT2D eigenvalue weighted by Gasteiger charge is -2.36. The van der Waals surface area contributed by atoms with Crippen LogP contribution in [0.25, 0.3) is 0 Å². The molecule has 24 heavy (non-hydrogen) atoms. The molecule has 1 aliphatic heterocycles. The first kappa shape index (κ1) is 18.3. The number of nitrogens with zero attached hydrogens (tertiary/aromatic N) is 1. The Morgan fingerprint density at radius 2 is 1.88 bits per heavy atom. The highest BCUT2D eigenvalue weighted by molar-refractivity contribution is 5.87. The number of likely N-dealkylation sites (tertiary alicyclic amines) is 1. The highest BCUT2D eigenvalue weighted by atomic mass is 16.6. The van der Waals surface area contributed by atoms with Crippen molar-refractivity contribution in [2.45, 2.75) is 45.3 Å².